The summed E-state index contributed by atoms with van der Waals surface area (Å²) < 4.78 is 39.9. The molecular formula is C9H16F3NO2S. The van der Waals surface area contributed by atoms with Crippen molar-refractivity contribution in [2.24, 2.45) is 0 Å². The maximum atomic E-state index is 11.7. The molecule has 0 spiro atoms. The molecule has 7 heteroatoms. The fraction of sp³-hybridized carbons (Fsp3) is 0.889. The summed E-state index contributed by atoms with van der Waals surface area (Å²) in [6.45, 7) is 2.43. The van der Waals surface area contributed by atoms with Crippen molar-refractivity contribution in [2.45, 2.75) is 25.3 Å². The first-order chi connectivity index (χ1) is 7.45. The third-order valence-electron chi connectivity index (χ3n) is 1.57. The molecule has 0 atom stereocenters. The Morgan fingerprint density at radius 2 is 2.12 bits per heavy atom. The van der Waals surface area contributed by atoms with Gasteiger partial charge in [-0.25, -0.2) is 0 Å². The van der Waals surface area contributed by atoms with E-state index in [0.29, 0.717) is 6.61 Å². The first-order valence-corrected chi connectivity index (χ1v) is 6.01. The Kier molecular flexibility index (Phi) is 8.46. The monoisotopic (exact) mass is 259 g/mol. The van der Waals surface area contributed by atoms with E-state index < -0.39 is 11.5 Å². The molecule has 3 nitrogen and oxygen atoms in total. The van der Waals surface area contributed by atoms with Gasteiger partial charge in [0.25, 0.3) is 0 Å². The smallest absolute Gasteiger partial charge is 0.441 e. The van der Waals surface area contributed by atoms with E-state index in [2.05, 4.69) is 5.32 Å². The molecule has 0 amide bonds. The topological polar surface area (TPSA) is 38.3 Å². The van der Waals surface area contributed by atoms with Crippen LogP contribution < -0.4 is 5.32 Å². The highest BCUT2D eigenvalue weighted by Gasteiger charge is 2.27. The van der Waals surface area contributed by atoms with Gasteiger partial charge in [0.05, 0.1) is 13.2 Å². The van der Waals surface area contributed by atoms with E-state index in [-0.39, 0.29) is 30.6 Å². The van der Waals surface area contributed by atoms with Crippen molar-refractivity contribution in [3.63, 3.8) is 0 Å². The van der Waals surface area contributed by atoms with E-state index in [4.69, 9.17) is 4.74 Å². The minimum Gasteiger partial charge on any atom is -0.465 e. The Labute approximate surface area is 97.1 Å². The summed E-state index contributed by atoms with van der Waals surface area (Å²) in [6.07, 6.45) is 1.73. The van der Waals surface area contributed by atoms with E-state index in [1.54, 1.807) is 0 Å². The SMILES string of the molecule is CCCCOC(=O)CNCCSC(F)(F)F. The van der Waals surface area contributed by atoms with Crippen molar-refractivity contribution < 1.29 is 22.7 Å². The van der Waals surface area contributed by atoms with E-state index in [1.165, 1.54) is 0 Å². The zero-order valence-electron chi connectivity index (χ0n) is 9.10. The maximum absolute atomic E-state index is 11.7. The van der Waals surface area contributed by atoms with Gasteiger partial charge >= 0.3 is 11.5 Å². The molecule has 1 N–H and O–H groups in total. The number of nitrogens with one attached hydrogen (secondary N) is 1. The molecule has 0 saturated carbocycles. The Morgan fingerprint density at radius 3 is 2.69 bits per heavy atom. The Hall–Kier alpha value is -0.430. The lowest BCUT2D eigenvalue weighted by atomic mass is 10.4. The maximum Gasteiger partial charge on any atom is 0.441 e. The molecule has 0 rings (SSSR count). The van der Waals surface area contributed by atoms with Crippen LogP contribution in [0, 0.1) is 0 Å². The van der Waals surface area contributed by atoms with Crippen LogP contribution in [0.2, 0.25) is 0 Å². The molecule has 96 valence electrons. The molecule has 0 aromatic rings. The second-order valence-electron chi connectivity index (χ2n) is 3.05. The standard InChI is InChI=1S/C9H16F3NO2S/c1-2-3-5-15-8(14)7-13-4-6-16-9(10,11)12/h13H,2-7H2,1H3. The van der Waals surface area contributed by atoms with Gasteiger partial charge in [0.1, 0.15) is 0 Å². The zero-order valence-corrected chi connectivity index (χ0v) is 9.92. The van der Waals surface area contributed by atoms with Crippen molar-refractivity contribution in [1.29, 1.82) is 0 Å². The molecule has 0 aliphatic carbocycles. The van der Waals surface area contributed by atoms with Crippen molar-refractivity contribution in [3.8, 4) is 0 Å². The van der Waals surface area contributed by atoms with Gasteiger partial charge in [0.15, 0.2) is 0 Å². The van der Waals surface area contributed by atoms with Crippen LogP contribution >= 0.6 is 11.8 Å². The second kappa shape index (κ2) is 8.69. The molecule has 0 aromatic heterocycles. The van der Waals surface area contributed by atoms with Crippen LogP contribution in [-0.2, 0) is 9.53 Å². The summed E-state index contributed by atoms with van der Waals surface area (Å²) in [5, 5.41) is 2.59. The van der Waals surface area contributed by atoms with Crippen LogP contribution in [0.1, 0.15) is 19.8 Å². The number of hydrogen-bond acceptors (Lipinski definition) is 4. The van der Waals surface area contributed by atoms with Gasteiger partial charge in [-0.3, -0.25) is 4.79 Å². The number of rotatable bonds is 8. The van der Waals surface area contributed by atoms with Gasteiger partial charge in [-0.05, 0) is 18.2 Å². The fourth-order valence-corrected chi connectivity index (χ4v) is 1.29. The lowest BCUT2D eigenvalue weighted by Gasteiger charge is -2.07. The summed E-state index contributed by atoms with van der Waals surface area (Å²) in [5.74, 6) is -0.531. The molecule has 0 aromatic carbocycles. The predicted octanol–water partition coefficient (Wildman–Crippen LogP) is 2.17. The first kappa shape index (κ1) is 15.6. The van der Waals surface area contributed by atoms with E-state index in [9.17, 15) is 18.0 Å². The summed E-state index contributed by atoms with van der Waals surface area (Å²) in [4.78, 5) is 11.0. The Balaban J connectivity index is 3.28. The second-order valence-corrected chi connectivity index (χ2v) is 4.20. The molecule has 0 aliphatic heterocycles. The van der Waals surface area contributed by atoms with Crippen molar-refractivity contribution in [2.75, 3.05) is 25.4 Å². The molecule has 0 bridgehead atoms. The number of alkyl halides is 3. The molecule has 0 aliphatic rings. The summed E-state index contributed by atoms with van der Waals surface area (Å²) in [6, 6.07) is 0. The summed E-state index contributed by atoms with van der Waals surface area (Å²) in [7, 11) is 0. The lowest BCUT2D eigenvalue weighted by Crippen LogP contribution is -2.27. The number of ether oxygens (including phenoxy) is 1. The van der Waals surface area contributed by atoms with Crippen molar-refractivity contribution in [3.05, 3.63) is 0 Å². The van der Waals surface area contributed by atoms with Gasteiger partial charge in [-0.15, -0.1) is 0 Å². The molecular weight excluding hydrogens is 243 g/mol. The van der Waals surface area contributed by atoms with Crippen molar-refractivity contribution >= 4 is 17.7 Å². The van der Waals surface area contributed by atoms with Crippen LogP contribution in [0.4, 0.5) is 13.2 Å². The number of carbonyl (C=O) groups excluding carboxylic acids is 1. The van der Waals surface area contributed by atoms with Crippen LogP contribution in [0.25, 0.3) is 0 Å². The third kappa shape index (κ3) is 11.6. The predicted molar refractivity (Wildman–Crippen MR) is 57.2 cm³/mol. The third-order valence-corrected chi connectivity index (χ3v) is 2.31. The number of thioether (sulfide) groups is 1. The van der Waals surface area contributed by atoms with Crippen LogP contribution in [0.5, 0.6) is 0 Å². The summed E-state index contributed by atoms with van der Waals surface area (Å²) in [5.41, 5.74) is -4.21. The molecule has 0 fully saturated rings. The number of halogens is 3. The Morgan fingerprint density at radius 1 is 1.44 bits per heavy atom. The minimum absolute atomic E-state index is 0.0396. The largest absolute Gasteiger partial charge is 0.465 e. The van der Waals surface area contributed by atoms with Crippen molar-refractivity contribution in [1.82, 2.24) is 5.32 Å². The molecule has 0 radical (unpaired) electrons. The average Bonchev–Trinajstić information content (AvgIpc) is 2.16. The van der Waals surface area contributed by atoms with Gasteiger partial charge < -0.3 is 10.1 Å². The Bertz CT molecular complexity index is 200. The number of hydrogen-bond donors (Lipinski definition) is 1. The average molecular weight is 259 g/mol. The molecule has 16 heavy (non-hydrogen) atoms. The highest BCUT2D eigenvalue weighted by atomic mass is 32.2. The van der Waals surface area contributed by atoms with Gasteiger partial charge in [-0.1, -0.05) is 13.3 Å². The van der Waals surface area contributed by atoms with E-state index in [0.717, 1.165) is 12.8 Å². The number of unbranched alkanes of at least 4 members (excludes halogenated alkanes) is 1. The first-order valence-electron chi connectivity index (χ1n) is 5.02. The molecule has 0 heterocycles. The molecule has 0 unspecified atom stereocenters. The van der Waals surface area contributed by atoms with E-state index in [1.807, 2.05) is 6.92 Å². The van der Waals surface area contributed by atoms with E-state index >= 15 is 0 Å². The molecule has 0 saturated heterocycles. The van der Waals surface area contributed by atoms with Crippen LogP contribution in [0.15, 0.2) is 0 Å². The van der Waals surface area contributed by atoms with Gasteiger partial charge in [-0.2, -0.15) is 13.2 Å². The minimum atomic E-state index is -4.21. The highest BCUT2D eigenvalue weighted by Crippen LogP contribution is 2.29. The lowest BCUT2D eigenvalue weighted by molar-refractivity contribution is -0.142. The fourth-order valence-electron chi connectivity index (χ4n) is 0.811. The van der Waals surface area contributed by atoms with Crippen LogP contribution in [0.3, 0.4) is 0 Å². The normalized spacial score (nSPS) is 11.5. The van der Waals surface area contributed by atoms with Gasteiger partial charge in [0.2, 0.25) is 0 Å². The van der Waals surface area contributed by atoms with Gasteiger partial charge in [0, 0.05) is 12.3 Å². The zero-order chi connectivity index (χ0) is 12.4. The number of esters is 1. The highest BCUT2D eigenvalue weighted by molar-refractivity contribution is 8.00. The quantitative estimate of drug-likeness (QED) is 0.535. The van der Waals surface area contributed by atoms with Crippen LogP contribution in [-0.4, -0.2) is 36.9 Å². The number of carbonyl (C=O) groups is 1. The summed E-state index contributed by atoms with van der Waals surface area (Å²) >= 11 is -0.108.